The Morgan fingerprint density at radius 3 is 1.35 bits per heavy atom. The Bertz CT molecular complexity index is 261. The second kappa shape index (κ2) is 25.5. The van der Waals surface area contributed by atoms with Gasteiger partial charge in [-0.2, -0.15) is 0 Å². The summed E-state index contributed by atoms with van der Waals surface area (Å²) in [5, 5.41) is 0. The summed E-state index contributed by atoms with van der Waals surface area (Å²) in [6.45, 7) is 10.8. The second-order valence-corrected chi connectivity index (χ2v) is 3.96. The van der Waals surface area contributed by atoms with Crippen LogP contribution in [0.2, 0.25) is 0 Å². The number of rotatable bonds is 3. The Labute approximate surface area is 140 Å². The van der Waals surface area contributed by atoms with E-state index in [0.29, 0.717) is 6.42 Å². The largest absolute Gasteiger partial charge is 1.00 e. The van der Waals surface area contributed by atoms with Crippen molar-refractivity contribution in [2.45, 2.75) is 73.3 Å². The molecule has 0 spiro atoms. The van der Waals surface area contributed by atoms with E-state index >= 15 is 0 Å². The number of aldehydes is 3. The minimum absolute atomic E-state index is 0. The number of allylic oxidation sites excluding steroid dienone is 2. The fourth-order valence-corrected chi connectivity index (χ4v) is 1.10. The summed E-state index contributed by atoms with van der Waals surface area (Å²) in [7, 11) is 0. The first-order valence-corrected chi connectivity index (χ1v) is 7.29. The van der Waals surface area contributed by atoms with Gasteiger partial charge in [0, 0.05) is 6.42 Å². The minimum Gasteiger partial charge on any atom is -0.412 e. The number of hydrogen-bond acceptors (Lipinski definition) is 6. The number of carbonyl (C=O) groups is 3. The molecule has 1 aliphatic heterocycles. The maximum atomic E-state index is 9.40. The molecule has 0 aromatic carbocycles. The molecule has 0 aromatic rings. The highest BCUT2D eigenvalue weighted by atomic mass is 16.9. The average Bonchev–Trinajstić information content (AvgIpc) is 2.41. The molecule has 7 nitrogen and oxygen atoms in total. The van der Waals surface area contributed by atoms with Crippen LogP contribution in [-0.4, -0.2) is 43.2 Å². The van der Waals surface area contributed by atoms with Gasteiger partial charge in [0.2, 0.25) is 0 Å². The lowest BCUT2D eigenvalue weighted by atomic mass is 10.4. The summed E-state index contributed by atoms with van der Waals surface area (Å²) >= 11 is 0. The average molecular weight is 337 g/mol. The number of carbonyl (C=O) groups excluding carboxylic acids is 3. The maximum absolute atomic E-state index is 9.40. The summed E-state index contributed by atoms with van der Waals surface area (Å²) in [6.07, 6.45) is 6.84. The Morgan fingerprint density at radius 1 is 0.913 bits per heavy atom. The van der Waals surface area contributed by atoms with Crippen molar-refractivity contribution >= 4 is 18.9 Å². The first-order chi connectivity index (χ1) is 10.4. The van der Waals surface area contributed by atoms with Gasteiger partial charge in [-0.1, -0.05) is 13.0 Å². The molecule has 0 unspecified atom stereocenters. The highest BCUT2D eigenvalue weighted by Crippen LogP contribution is 2.13. The molecule has 0 aliphatic carbocycles. The number of hydrogen-bond donors (Lipinski definition) is 0. The zero-order valence-corrected chi connectivity index (χ0v) is 15.0. The van der Waals surface area contributed by atoms with Gasteiger partial charge in [0.25, 0.3) is 0 Å². The molecular formula is C16H33O7+. The second-order valence-electron chi connectivity index (χ2n) is 3.96. The third-order valence-electron chi connectivity index (χ3n) is 1.83. The van der Waals surface area contributed by atoms with Crippen LogP contribution in [0.3, 0.4) is 0 Å². The van der Waals surface area contributed by atoms with Crippen LogP contribution in [0.1, 0.15) is 55.8 Å². The van der Waals surface area contributed by atoms with Gasteiger partial charge in [0.1, 0.15) is 18.9 Å². The molecule has 0 atom stereocenters. The molecule has 0 aromatic heterocycles. The van der Waals surface area contributed by atoms with Gasteiger partial charge in [-0.3, -0.25) is 4.79 Å². The Balaban J connectivity index is -0.0000000707. The van der Waals surface area contributed by atoms with E-state index in [1.54, 1.807) is 13.0 Å². The molecule has 0 amide bonds. The highest BCUT2D eigenvalue weighted by Gasteiger charge is 2.20. The fraction of sp³-hybridized carbons (Fsp3) is 0.688. The van der Waals surface area contributed by atoms with Crippen molar-refractivity contribution in [3.63, 3.8) is 0 Å². The standard InChI is InChI=1S/C6H12O3.C4H8O.C4H6O.C2H4O.H2O/c1-4-7-5(2)9-6(3)8-4;2*1-2-3-4-5;1-2-3;/h4-6H,1-3H3;4H,2-3H2,1H3;2-4H,1H3;2H,1H3;1H2/p+1/b;;3-2+;;. The molecule has 0 saturated carbocycles. The zero-order valence-electron chi connectivity index (χ0n) is 16.0. The summed E-state index contributed by atoms with van der Waals surface area (Å²) in [4.78, 5) is 27.5. The molecule has 1 saturated heterocycles. The Kier molecular flexibility index (Phi) is 32.8. The van der Waals surface area contributed by atoms with Crippen molar-refractivity contribution in [2.24, 2.45) is 0 Å². The van der Waals surface area contributed by atoms with Crippen LogP contribution in [0.4, 0.5) is 0 Å². The summed E-state index contributed by atoms with van der Waals surface area (Å²) in [6, 6.07) is 0. The van der Waals surface area contributed by atoms with Crippen LogP contribution in [0.15, 0.2) is 12.2 Å². The topological polar surface area (TPSA) is 110 Å². The van der Waals surface area contributed by atoms with Crippen LogP contribution in [0, 0.1) is 0 Å². The first kappa shape index (κ1) is 29.6. The van der Waals surface area contributed by atoms with Crippen molar-refractivity contribution in [3.8, 4) is 0 Å². The van der Waals surface area contributed by atoms with Crippen molar-refractivity contribution in [3.05, 3.63) is 12.2 Å². The molecule has 1 aliphatic rings. The maximum Gasteiger partial charge on any atom is 1.00 e. The SMILES string of the molecule is C/C=C/C=O.CC1OC(C)OC(C)O1.CC=O.CCCC=O.O.[H+]. The van der Waals surface area contributed by atoms with E-state index in [-0.39, 0.29) is 25.8 Å². The molecule has 138 valence electrons. The predicted octanol–water partition coefficient (Wildman–Crippen LogP) is 2.33. The summed E-state index contributed by atoms with van der Waals surface area (Å²) < 4.78 is 15.3. The minimum atomic E-state index is -0.135. The van der Waals surface area contributed by atoms with Crippen LogP contribution in [0.5, 0.6) is 0 Å². The van der Waals surface area contributed by atoms with Gasteiger partial charge in [0.15, 0.2) is 18.9 Å². The zero-order chi connectivity index (χ0) is 17.8. The van der Waals surface area contributed by atoms with E-state index in [0.717, 1.165) is 25.3 Å². The van der Waals surface area contributed by atoms with Gasteiger partial charge in [-0.15, -0.1) is 0 Å². The number of unbranched alkanes of at least 4 members (excludes halogenated alkanes) is 1. The summed E-state index contributed by atoms with van der Waals surface area (Å²) in [5.41, 5.74) is 0. The Morgan fingerprint density at radius 2 is 1.26 bits per heavy atom. The lowest BCUT2D eigenvalue weighted by Crippen LogP contribution is -2.35. The van der Waals surface area contributed by atoms with Crippen LogP contribution >= 0.6 is 0 Å². The number of ether oxygens (including phenoxy) is 3. The monoisotopic (exact) mass is 337 g/mol. The lowest BCUT2D eigenvalue weighted by molar-refractivity contribution is -0.367. The van der Waals surface area contributed by atoms with Crippen molar-refractivity contribution < 1.29 is 35.5 Å². The van der Waals surface area contributed by atoms with E-state index in [9.17, 15) is 9.59 Å². The van der Waals surface area contributed by atoms with E-state index in [2.05, 4.69) is 0 Å². The van der Waals surface area contributed by atoms with E-state index in [1.165, 1.54) is 13.0 Å². The molecule has 0 bridgehead atoms. The molecule has 7 heteroatoms. The molecule has 1 heterocycles. The molecule has 2 N–H and O–H groups in total. The quantitative estimate of drug-likeness (QED) is 0.577. The van der Waals surface area contributed by atoms with Gasteiger partial charge in [-0.05, 0) is 47.1 Å². The van der Waals surface area contributed by atoms with Crippen LogP contribution in [-0.2, 0) is 28.6 Å². The van der Waals surface area contributed by atoms with Crippen LogP contribution in [0.25, 0.3) is 0 Å². The van der Waals surface area contributed by atoms with Crippen LogP contribution < -0.4 is 0 Å². The normalized spacial score (nSPS) is 21.7. The first-order valence-electron chi connectivity index (χ1n) is 7.29. The van der Waals surface area contributed by atoms with Crippen molar-refractivity contribution in [1.29, 1.82) is 0 Å². The van der Waals surface area contributed by atoms with Gasteiger partial charge < -0.3 is 29.3 Å². The molecule has 1 rings (SSSR count). The molecular weight excluding hydrogens is 304 g/mol. The fourth-order valence-electron chi connectivity index (χ4n) is 1.10. The van der Waals surface area contributed by atoms with E-state index in [4.69, 9.17) is 19.0 Å². The van der Waals surface area contributed by atoms with E-state index in [1.807, 2.05) is 27.7 Å². The van der Waals surface area contributed by atoms with Gasteiger partial charge >= 0.3 is 1.43 Å². The van der Waals surface area contributed by atoms with Gasteiger partial charge in [-0.25, -0.2) is 0 Å². The van der Waals surface area contributed by atoms with Gasteiger partial charge in [0.05, 0.1) is 0 Å². The van der Waals surface area contributed by atoms with E-state index < -0.39 is 0 Å². The predicted molar refractivity (Wildman–Crippen MR) is 90.0 cm³/mol. The lowest BCUT2D eigenvalue weighted by Gasteiger charge is -2.30. The van der Waals surface area contributed by atoms with Crippen molar-refractivity contribution in [1.82, 2.24) is 0 Å². The van der Waals surface area contributed by atoms with Crippen molar-refractivity contribution in [2.75, 3.05) is 0 Å². The molecule has 1 fully saturated rings. The highest BCUT2D eigenvalue weighted by molar-refractivity contribution is 5.64. The summed E-state index contributed by atoms with van der Waals surface area (Å²) in [5.74, 6) is 0. The molecule has 23 heavy (non-hydrogen) atoms. The third-order valence-corrected chi connectivity index (χ3v) is 1.83. The molecule has 0 radical (unpaired) electrons. The third kappa shape index (κ3) is 33.4. The smallest absolute Gasteiger partial charge is 0.412 e. The Hall–Kier alpha value is -1.41.